The molecular formula is C24H28ClFN2O3. The minimum Gasteiger partial charge on any atom is -0.497 e. The number of amides is 2. The Bertz CT molecular complexity index is 867. The third-order valence-electron chi connectivity index (χ3n) is 5.64. The van der Waals surface area contributed by atoms with Crippen molar-refractivity contribution in [3.63, 3.8) is 0 Å². The number of hydrogen-bond donors (Lipinski definition) is 1. The van der Waals surface area contributed by atoms with Crippen LogP contribution in [0, 0.1) is 5.82 Å². The topological polar surface area (TPSA) is 58.6 Å². The summed E-state index contributed by atoms with van der Waals surface area (Å²) in [5.41, 5.74) is 1.37. The van der Waals surface area contributed by atoms with Crippen molar-refractivity contribution in [2.24, 2.45) is 0 Å². The highest BCUT2D eigenvalue weighted by Gasteiger charge is 2.32. The number of carbonyl (C=O) groups excluding carboxylic acids is 2. The first-order valence-electron chi connectivity index (χ1n) is 10.6. The second kappa shape index (κ2) is 11.1. The highest BCUT2D eigenvalue weighted by atomic mass is 35.5. The Morgan fingerprint density at radius 3 is 2.32 bits per heavy atom. The lowest BCUT2D eigenvalue weighted by molar-refractivity contribution is -0.140. The lowest BCUT2D eigenvalue weighted by atomic mass is 9.94. The summed E-state index contributed by atoms with van der Waals surface area (Å²) in [6, 6.07) is 12.2. The van der Waals surface area contributed by atoms with E-state index in [0.717, 1.165) is 25.7 Å². The molecular weight excluding hydrogens is 419 g/mol. The SMILES string of the molecule is COc1ccc([C@H](C(=O)NC2CCCCC2)N(Cc2ccc(F)cc2)C(=O)CCl)cc1. The van der Waals surface area contributed by atoms with Gasteiger partial charge in [-0.3, -0.25) is 9.59 Å². The molecule has 2 aromatic rings. The molecule has 1 N–H and O–H groups in total. The van der Waals surface area contributed by atoms with Crippen LogP contribution in [-0.2, 0) is 16.1 Å². The number of alkyl halides is 1. The number of halogens is 2. The van der Waals surface area contributed by atoms with Crippen molar-refractivity contribution in [1.29, 1.82) is 0 Å². The minimum atomic E-state index is -0.857. The van der Waals surface area contributed by atoms with Crippen molar-refractivity contribution in [3.05, 3.63) is 65.5 Å². The maximum atomic E-state index is 13.4. The molecule has 2 aromatic carbocycles. The maximum absolute atomic E-state index is 13.4. The van der Waals surface area contributed by atoms with Gasteiger partial charge in [0.05, 0.1) is 7.11 Å². The highest BCUT2D eigenvalue weighted by molar-refractivity contribution is 6.27. The number of nitrogens with zero attached hydrogens (tertiary/aromatic N) is 1. The zero-order chi connectivity index (χ0) is 22.2. The van der Waals surface area contributed by atoms with Gasteiger partial charge in [-0.15, -0.1) is 11.6 Å². The van der Waals surface area contributed by atoms with Gasteiger partial charge in [0.2, 0.25) is 11.8 Å². The summed E-state index contributed by atoms with van der Waals surface area (Å²) in [7, 11) is 1.57. The molecule has 2 amide bonds. The van der Waals surface area contributed by atoms with Gasteiger partial charge in [-0.1, -0.05) is 43.5 Å². The van der Waals surface area contributed by atoms with E-state index in [2.05, 4.69) is 5.32 Å². The van der Waals surface area contributed by atoms with E-state index in [1.165, 1.54) is 23.5 Å². The van der Waals surface area contributed by atoms with Gasteiger partial charge in [0.25, 0.3) is 0 Å². The third kappa shape index (κ3) is 6.20. The molecule has 166 valence electrons. The second-order valence-corrected chi connectivity index (χ2v) is 8.07. The average Bonchev–Trinajstić information content (AvgIpc) is 2.80. The summed E-state index contributed by atoms with van der Waals surface area (Å²) in [6.45, 7) is 0.139. The van der Waals surface area contributed by atoms with E-state index in [4.69, 9.17) is 16.3 Å². The van der Waals surface area contributed by atoms with Gasteiger partial charge < -0.3 is 15.0 Å². The summed E-state index contributed by atoms with van der Waals surface area (Å²) in [5.74, 6) is -0.571. The van der Waals surface area contributed by atoms with E-state index in [-0.39, 0.29) is 36.1 Å². The molecule has 0 aliphatic heterocycles. The molecule has 0 spiro atoms. The van der Waals surface area contributed by atoms with Crippen molar-refractivity contribution < 1.29 is 18.7 Å². The van der Waals surface area contributed by atoms with Gasteiger partial charge in [-0.25, -0.2) is 4.39 Å². The van der Waals surface area contributed by atoms with Gasteiger partial charge in [-0.2, -0.15) is 0 Å². The summed E-state index contributed by atoms with van der Waals surface area (Å²) in [5, 5.41) is 3.13. The molecule has 0 radical (unpaired) electrons. The number of benzene rings is 2. The molecule has 1 saturated carbocycles. The normalized spacial score (nSPS) is 15.2. The number of hydrogen-bond acceptors (Lipinski definition) is 3. The number of nitrogens with one attached hydrogen (secondary N) is 1. The first-order chi connectivity index (χ1) is 15.0. The largest absolute Gasteiger partial charge is 0.497 e. The molecule has 3 rings (SSSR count). The predicted molar refractivity (Wildman–Crippen MR) is 118 cm³/mol. The van der Waals surface area contributed by atoms with Crippen LogP contribution in [0.4, 0.5) is 4.39 Å². The lowest BCUT2D eigenvalue weighted by Gasteiger charge is -2.33. The Balaban J connectivity index is 1.93. The van der Waals surface area contributed by atoms with Crippen LogP contribution in [0.3, 0.4) is 0 Å². The molecule has 0 bridgehead atoms. The fourth-order valence-corrected chi connectivity index (χ4v) is 4.13. The van der Waals surface area contributed by atoms with Crippen molar-refractivity contribution in [2.75, 3.05) is 13.0 Å². The number of carbonyl (C=O) groups is 2. The van der Waals surface area contributed by atoms with E-state index >= 15 is 0 Å². The Morgan fingerprint density at radius 2 is 1.74 bits per heavy atom. The molecule has 1 atom stereocenters. The standard InChI is InChI=1S/C24H28ClFN2O3/c1-31-21-13-9-18(10-14-21)23(24(30)27-20-5-3-2-4-6-20)28(22(29)15-25)16-17-7-11-19(26)12-8-17/h7-14,20,23H,2-6,15-16H2,1H3,(H,27,30)/t23-/m1/s1. The van der Waals surface area contributed by atoms with Crippen LogP contribution in [-0.4, -0.2) is 35.7 Å². The van der Waals surface area contributed by atoms with E-state index in [9.17, 15) is 14.0 Å². The minimum absolute atomic E-state index is 0.0979. The monoisotopic (exact) mass is 446 g/mol. The molecule has 1 fully saturated rings. The van der Waals surface area contributed by atoms with E-state index in [0.29, 0.717) is 16.9 Å². The van der Waals surface area contributed by atoms with Crippen LogP contribution >= 0.6 is 11.6 Å². The van der Waals surface area contributed by atoms with Crippen LogP contribution < -0.4 is 10.1 Å². The Morgan fingerprint density at radius 1 is 1.10 bits per heavy atom. The molecule has 0 unspecified atom stereocenters. The molecule has 7 heteroatoms. The van der Waals surface area contributed by atoms with E-state index in [1.54, 1.807) is 43.5 Å². The first kappa shape index (κ1) is 23.1. The Labute approximate surface area is 187 Å². The zero-order valence-corrected chi connectivity index (χ0v) is 18.4. The van der Waals surface area contributed by atoms with Crippen molar-refractivity contribution in [3.8, 4) is 5.75 Å². The van der Waals surface area contributed by atoms with Crippen molar-refractivity contribution >= 4 is 23.4 Å². The molecule has 0 saturated heterocycles. The van der Waals surface area contributed by atoms with Crippen LogP contribution in [0.25, 0.3) is 0 Å². The van der Waals surface area contributed by atoms with E-state index < -0.39 is 6.04 Å². The summed E-state index contributed by atoms with van der Waals surface area (Å²) in [4.78, 5) is 27.7. The first-order valence-corrected chi connectivity index (χ1v) is 11.1. The van der Waals surface area contributed by atoms with Gasteiger partial charge in [-0.05, 0) is 48.2 Å². The van der Waals surface area contributed by atoms with Gasteiger partial charge >= 0.3 is 0 Å². The summed E-state index contributed by atoms with van der Waals surface area (Å²) in [6.07, 6.45) is 5.21. The molecule has 31 heavy (non-hydrogen) atoms. The van der Waals surface area contributed by atoms with Gasteiger partial charge in [0.15, 0.2) is 0 Å². The number of rotatable bonds is 8. The van der Waals surface area contributed by atoms with Crippen LogP contribution in [0.2, 0.25) is 0 Å². The Hall–Kier alpha value is -2.60. The lowest BCUT2D eigenvalue weighted by Crippen LogP contribution is -2.47. The van der Waals surface area contributed by atoms with Gasteiger partial charge in [0, 0.05) is 12.6 Å². The summed E-state index contributed by atoms with van der Waals surface area (Å²) >= 11 is 5.91. The fraction of sp³-hybridized carbons (Fsp3) is 0.417. The smallest absolute Gasteiger partial charge is 0.247 e. The maximum Gasteiger partial charge on any atom is 0.247 e. The van der Waals surface area contributed by atoms with Crippen molar-refractivity contribution in [2.45, 2.75) is 50.7 Å². The average molecular weight is 447 g/mol. The van der Waals surface area contributed by atoms with Crippen LogP contribution in [0.5, 0.6) is 5.75 Å². The molecule has 5 nitrogen and oxygen atoms in total. The summed E-state index contributed by atoms with van der Waals surface area (Å²) < 4.78 is 18.6. The fourth-order valence-electron chi connectivity index (χ4n) is 3.97. The predicted octanol–water partition coefficient (Wildman–Crippen LogP) is 4.59. The van der Waals surface area contributed by atoms with Crippen LogP contribution in [0.15, 0.2) is 48.5 Å². The third-order valence-corrected chi connectivity index (χ3v) is 5.87. The molecule has 0 heterocycles. The molecule has 1 aliphatic rings. The highest BCUT2D eigenvalue weighted by Crippen LogP contribution is 2.27. The quantitative estimate of drug-likeness (QED) is 0.603. The second-order valence-electron chi connectivity index (χ2n) is 7.80. The molecule has 0 aromatic heterocycles. The van der Waals surface area contributed by atoms with Crippen LogP contribution in [0.1, 0.15) is 49.3 Å². The van der Waals surface area contributed by atoms with Gasteiger partial charge in [0.1, 0.15) is 23.5 Å². The molecule has 1 aliphatic carbocycles. The zero-order valence-electron chi connectivity index (χ0n) is 17.7. The van der Waals surface area contributed by atoms with E-state index in [1.807, 2.05) is 0 Å². The number of methoxy groups -OCH3 is 1. The number of ether oxygens (including phenoxy) is 1. The van der Waals surface area contributed by atoms with Crippen molar-refractivity contribution in [1.82, 2.24) is 10.2 Å². The Kier molecular flexibility index (Phi) is 8.29.